The second-order valence-electron chi connectivity index (χ2n) is 4.72. The Kier molecular flexibility index (Phi) is 4.81. The Labute approximate surface area is 124 Å². The number of rotatable bonds is 7. The van der Waals surface area contributed by atoms with Crippen molar-refractivity contribution in [3.8, 4) is 0 Å². The molecule has 2 rings (SSSR count). The number of nitrogens with zero attached hydrogens (tertiary/aromatic N) is 3. The second kappa shape index (κ2) is 6.42. The summed E-state index contributed by atoms with van der Waals surface area (Å²) in [6.07, 6.45) is 3.41. The highest BCUT2D eigenvalue weighted by Crippen LogP contribution is 2.19. The number of hydrogen-bond donors (Lipinski definition) is 1. The summed E-state index contributed by atoms with van der Waals surface area (Å²) in [5.74, 6) is 1.27. The van der Waals surface area contributed by atoms with Gasteiger partial charge < -0.3 is 14.3 Å². The van der Waals surface area contributed by atoms with Crippen molar-refractivity contribution in [2.75, 3.05) is 13.6 Å². The summed E-state index contributed by atoms with van der Waals surface area (Å²) in [6.45, 7) is 3.47. The minimum absolute atomic E-state index is 0.0490. The van der Waals surface area contributed by atoms with Gasteiger partial charge in [0.2, 0.25) is 5.09 Å². The minimum atomic E-state index is -3.65. The molecule has 0 saturated carbocycles. The maximum absolute atomic E-state index is 12.4. The topological polar surface area (TPSA) is 80.4 Å². The van der Waals surface area contributed by atoms with Gasteiger partial charge in [-0.3, -0.25) is 0 Å². The summed E-state index contributed by atoms with van der Waals surface area (Å²) >= 11 is 0. The average molecular weight is 312 g/mol. The third-order valence-electron chi connectivity index (χ3n) is 3.14. The van der Waals surface area contributed by atoms with E-state index >= 15 is 0 Å². The van der Waals surface area contributed by atoms with Crippen LogP contribution in [0.25, 0.3) is 0 Å². The van der Waals surface area contributed by atoms with Crippen LogP contribution >= 0.6 is 0 Å². The lowest BCUT2D eigenvalue weighted by Gasteiger charge is -2.15. The number of hydrogen-bond acceptors (Lipinski definition) is 5. The van der Waals surface area contributed by atoms with Crippen LogP contribution in [0, 0.1) is 0 Å². The molecule has 0 radical (unpaired) electrons. The van der Waals surface area contributed by atoms with E-state index in [2.05, 4.69) is 10.3 Å². The predicted molar refractivity (Wildman–Crippen MR) is 77.9 cm³/mol. The second-order valence-corrected chi connectivity index (χ2v) is 6.69. The fourth-order valence-corrected chi connectivity index (χ4v) is 2.87. The monoisotopic (exact) mass is 312 g/mol. The molecule has 0 atom stereocenters. The Hall–Kier alpha value is -1.64. The number of imidazole rings is 1. The van der Waals surface area contributed by atoms with Crippen LogP contribution in [0.5, 0.6) is 0 Å². The Morgan fingerprint density at radius 2 is 2.19 bits per heavy atom. The molecule has 0 spiro atoms. The van der Waals surface area contributed by atoms with E-state index in [1.54, 1.807) is 23.0 Å². The van der Waals surface area contributed by atoms with E-state index in [4.69, 9.17) is 4.42 Å². The molecule has 0 aliphatic heterocycles. The van der Waals surface area contributed by atoms with Gasteiger partial charge in [0.05, 0.1) is 13.1 Å². The molecule has 0 amide bonds. The van der Waals surface area contributed by atoms with Gasteiger partial charge in [-0.1, -0.05) is 6.92 Å². The van der Waals surface area contributed by atoms with E-state index in [1.165, 1.54) is 17.4 Å². The molecule has 2 aromatic rings. The van der Waals surface area contributed by atoms with Gasteiger partial charge in [0.1, 0.15) is 11.6 Å². The van der Waals surface area contributed by atoms with Crippen molar-refractivity contribution in [1.29, 1.82) is 0 Å². The van der Waals surface area contributed by atoms with E-state index in [0.717, 1.165) is 6.54 Å². The van der Waals surface area contributed by atoms with Crippen LogP contribution in [0.2, 0.25) is 0 Å². The number of furan rings is 1. The predicted octanol–water partition coefficient (Wildman–Crippen LogP) is 0.943. The molecule has 21 heavy (non-hydrogen) atoms. The molecule has 0 fully saturated rings. The van der Waals surface area contributed by atoms with Gasteiger partial charge in [0, 0.05) is 26.5 Å². The molecule has 0 saturated heterocycles. The van der Waals surface area contributed by atoms with Crippen molar-refractivity contribution in [3.05, 3.63) is 36.1 Å². The van der Waals surface area contributed by atoms with E-state index in [-0.39, 0.29) is 11.6 Å². The summed E-state index contributed by atoms with van der Waals surface area (Å²) in [4.78, 5) is 4.12. The number of sulfonamides is 1. The third-order valence-corrected chi connectivity index (χ3v) is 4.81. The van der Waals surface area contributed by atoms with Crippen LogP contribution < -0.4 is 5.32 Å². The molecule has 2 heterocycles. The number of aryl methyl sites for hydroxylation is 1. The molecule has 0 unspecified atom stereocenters. The van der Waals surface area contributed by atoms with Crippen LogP contribution in [0.3, 0.4) is 0 Å². The minimum Gasteiger partial charge on any atom is -0.447 e. The average Bonchev–Trinajstić information content (AvgIpc) is 3.06. The smallest absolute Gasteiger partial charge is 0.276 e. The van der Waals surface area contributed by atoms with E-state index in [1.807, 2.05) is 14.0 Å². The van der Waals surface area contributed by atoms with E-state index < -0.39 is 10.0 Å². The van der Waals surface area contributed by atoms with Gasteiger partial charge in [-0.15, -0.1) is 0 Å². The van der Waals surface area contributed by atoms with Crippen molar-refractivity contribution >= 4 is 10.0 Å². The van der Waals surface area contributed by atoms with Gasteiger partial charge in [-0.05, 0) is 18.7 Å². The van der Waals surface area contributed by atoms with E-state index in [0.29, 0.717) is 18.1 Å². The summed E-state index contributed by atoms with van der Waals surface area (Å²) in [6, 6.07) is 3.15. The lowest BCUT2D eigenvalue weighted by molar-refractivity contribution is 0.377. The van der Waals surface area contributed by atoms with Gasteiger partial charge in [-0.2, -0.15) is 4.31 Å². The first kappa shape index (κ1) is 15.7. The summed E-state index contributed by atoms with van der Waals surface area (Å²) in [5, 5.41) is 3.04. The van der Waals surface area contributed by atoms with Crippen molar-refractivity contribution in [3.63, 3.8) is 0 Å². The number of aromatic nitrogens is 2. The molecule has 116 valence electrons. The van der Waals surface area contributed by atoms with Gasteiger partial charge in [0.25, 0.3) is 10.0 Å². The van der Waals surface area contributed by atoms with E-state index in [9.17, 15) is 8.42 Å². The summed E-state index contributed by atoms with van der Waals surface area (Å²) < 4.78 is 33.3. The first-order chi connectivity index (χ1) is 9.95. The Balaban J connectivity index is 2.13. The Bertz CT molecular complexity index is 690. The van der Waals surface area contributed by atoms with Crippen molar-refractivity contribution in [2.45, 2.75) is 25.1 Å². The van der Waals surface area contributed by atoms with Crippen molar-refractivity contribution in [1.82, 2.24) is 19.2 Å². The largest absolute Gasteiger partial charge is 0.447 e. The van der Waals surface area contributed by atoms with Crippen LogP contribution in [-0.2, 0) is 30.2 Å². The van der Waals surface area contributed by atoms with Crippen LogP contribution in [0.1, 0.15) is 18.5 Å². The molecular formula is C13H20N4O3S. The lowest BCUT2D eigenvalue weighted by Crippen LogP contribution is -2.27. The first-order valence-corrected chi connectivity index (χ1v) is 8.11. The zero-order chi connectivity index (χ0) is 15.5. The lowest BCUT2D eigenvalue weighted by atomic mass is 10.4. The molecule has 8 heteroatoms. The maximum atomic E-state index is 12.4. The zero-order valence-corrected chi connectivity index (χ0v) is 13.2. The summed E-state index contributed by atoms with van der Waals surface area (Å²) in [5.41, 5.74) is 0. The molecule has 7 nitrogen and oxygen atoms in total. The summed E-state index contributed by atoms with van der Waals surface area (Å²) in [7, 11) is -0.316. The highest BCUT2D eigenvalue weighted by atomic mass is 32.2. The zero-order valence-electron chi connectivity index (χ0n) is 12.4. The molecule has 2 aromatic heterocycles. The van der Waals surface area contributed by atoms with Gasteiger partial charge >= 0.3 is 0 Å². The quantitative estimate of drug-likeness (QED) is 0.823. The van der Waals surface area contributed by atoms with Gasteiger partial charge in [0.15, 0.2) is 0 Å². The molecule has 1 N–H and O–H groups in total. The maximum Gasteiger partial charge on any atom is 0.276 e. The van der Waals surface area contributed by atoms with Gasteiger partial charge in [-0.25, -0.2) is 13.4 Å². The third kappa shape index (κ3) is 3.52. The molecule has 0 aliphatic carbocycles. The SMILES string of the molecule is CCNCc1ccc(S(=O)(=O)N(C)Cc2nccn2C)o1. The van der Waals surface area contributed by atoms with Crippen LogP contribution in [0.15, 0.2) is 34.0 Å². The molecule has 0 aromatic carbocycles. The Morgan fingerprint density at radius 3 is 2.81 bits per heavy atom. The standard InChI is InChI=1S/C13H20N4O3S/c1-4-14-9-11-5-6-13(20-11)21(18,19)17(3)10-12-15-7-8-16(12)2/h5-8,14H,4,9-10H2,1-3H3. The van der Waals surface area contributed by atoms with Crippen molar-refractivity contribution < 1.29 is 12.8 Å². The highest BCUT2D eigenvalue weighted by Gasteiger charge is 2.25. The molecule has 0 aliphatic rings. The van der Waals surface area contributed by atoms with Crippen LogP contribution in [0.4, 0.5) is 0 Å². The first-order valence-electron chi connectivity index (χ1n) is 6.67. The molecule has 0 bridgehead atoms. The highest BCUT2D eigenvalue weighted by molar-refractivity contribution is 7.88. The molecular weight excluding hydrogens is 292 g/mol. The Morgan fingerprint density at radius 1 is 1.43 bits per heavy atom. The van der Waals surface area contributed by atoms with Crippen molar-refractivity contribution in [2.24, 2.45) is 7.05 Å². The normalized spacial score (nSPS) is 12.2. The van der Waals surface area contributed by atoms with Crippen LogP contribution in [-0.4, -0.2) is 35.9 Å². The number of nitrogens with one attached hydrogen (secondary N) is 1. The fraction of sp³-hybridized carbons (Fsp3) is 0.462. The fourth-order valence-electron chi connectivity index (χ4n) is 1.83.